The number of methoxy groups -OCH3 is 1. The number of aliphatic carboxylic acids is 1. The lowest BCUT2D eigenvalue weighted by molar-refractivity contribution is -0.155. The van der Waals surface area contributed by atoms with Gasteiger partial charge in [0.15, 0.2) is 0 Å². The molecule has 138 valence electrons. The summed E-state index contributed by atoms with van der Waals surface area (Å²) in [6, 6.07) is 7.41. The standard InChI is InChI=1S/C18H25NO6/c1-13(25-11-14-4-3-5-15(10-14)23-2)16(20)19-12-18(17(21)22)6-8-24-9-7-18/h3-5,10,13H,6-9,11-12H2,1-2H3,(H,19,20)(H,21,22). The van der Waals surface area contributed by atoms with Crippen molar-refractivity contribution in [2.45, 2.75) is 32.5 Å². The lowest BCUT2D eigenvalue weighted by Gasteiger charge is -2.33. The number of amides is 1. The van der Waals surface area contributed by atoms with Gasteiger partial charge in [0.05, 0.1) is 19.1 Å². The van der Waals surface area contributed by atoms with Crippen LogP contribution in [0.2, 0.25) is 0 Å². The highest BCUT2D eigenvalue weighted by Crippen LogP contribution is 2.30. The highest BCUT2D eigenvalue weighted by atomic mass is 16.5. The molecular formula is C18H25NO6. The second-order valence-electron chi connectivity index (χ2n) is 6.22. The third kappa shape index (κ3) is 5.17. The van der Waals surface area contributed by atoms with E-state index < -0.39 is 17.5 Å². The van der Waals surface area contributed by atoms with Crippen molar-refractivity contribution in [2.24, 2.45) is 5.41 Å². The zero-order valence-corrected chi connectivity index (χ0v) is 14.6. The summed E-state index contributed by atoms with van der Waals surface area (Å²) in [7, 11) is 1.59. The summed E-state index contributed by atoms with van der Waals surface area (Å²) in [4.78, 5) is 23.8. The Bertz CT molecular complexity index is 597. The minimum absolute atomic E-state index is 0.0807. The van der Waals surface area contributed by atoms with Gasteiger partial charge in [0, 0.05) is 19.8 Å². The molecule has 1 unspecified atom stereocenters. The number of benzene rings is 1. The van der Waals surface area contributed by atoms with E-state index in [0.717, 1.165) is 11.3 Å². The Morgan fingerprint density at radius 1 is 1.36 bits per heavy atom. The predicted octanol–water partition coefficient (Wildman–Crippen LogP) is 1.60. The maximum Gasteiger partial charge on any atom is 0.311 e. The molecule has 1 aliphatic rings. The van der Waals surface area contributed by atoms with Crippen molar-refractivity contribution < 1.29 is 28.9 Å². The van der Waals surface area contributed by atoms with Crippen molar-refractivity contribution in [3.8, 4) is 5.75 Å². The van der Waals surface area contributed by atoms with Gasteiger partial charge in [-0.2, -0.15) is 0 Å². The first-order valence-corrected chi connectivity index (χ1v) is 8.30. The van der Waals surface area contributed by atoms with Gasteiger partial charge in [-0.25, -0.2) is 0 Å². The van der Waals surface area contributed by atoms with Crippen LogP contribution >= 0.6 is 0 Å². The van der Waals surface area contributed by atoms with Crippen LogP contribution in [-0.4, -0.2) is 50.0 Å². The monoisotopic (exact) mass is 351 g/mol. The molecule has 0 radical (unpaired) electrons. The zero-order chi connectivity index (χ0) is 18.3. The van der Waals surface area contributed by atoms with Gasteiger partial charge >= 0.3 is 5.97 Å². The maximum absolute atomic E-state index is 12.2. The molecule has 1 heterocycles. The molecule has 1 atom stereocenters. The van der Waals surface area contributed by atoms with Crippen LogP contribution in [0.4, 0.5) is 0 Å². The van der Waals surface area contributed by atoms with E-state index in [-0.39, 0.29) is 19.1 Å². The molecule has 7 heteroatoms. The Labute approximate surface area is 147 Å². The summed E-state index contributed by atoms with van der Waals surface area (Å²) in [6.45, 7) is 2.78. The maximum atomic E-state index is 12.2. The van der Waals surface area contributed by atoms with E-state index in [4.69, 9.17) is 14.2 Å². The smallest absolute Gasteiger partial charge is 0.311 e. The van der Waals surface area contributed by atoms with Crippen molar-refractivity contribution in [3.63, 3.8) is 0 Å². The van der Waals surface area contributed by atoms with Gasteiger partial charge in [-0.15, -0.1) is 0 Å². The Kier molecular flexibility index (Phi) is 6.78. The second kappa shape index (κ2) is 8.82. The third-order valence-corrected chi connectivity index (χ3v) is 4.51. The van der Waals surface area contributed by atoms with Crippen LogP contribution in [0, 0.1) is 5.41 Å². The number of hydrogen-bond acceptors (Lipinski definition) is 5. The van der Waals surface area contributed by atoms with E-state index in [2.05, 4.69) is 5.32 Å². The fourth-order valence-electron chi connectivity index (χ4n) is 2.69. The van der Waals surface area contributed by atoms with Gasteiger partial charge in [0.1, 0.15) is 11.9 Å². The molecule has 1 saturated heterocycles. The van der Waals surface area contributed by atoms with Gasteiger partial charge in [-0.05, 0) is 37.5 Å². The van der Waals surface area contributed by atoms with Gasteiger partial charge in [0.25, 0.3) is 0 Å². The molecule has 0 saturated carbocycles. The number of hydrogen-bond donors (Lipinski definition) is 2. The van der Waals surface area contributed by atoms with Gasteiger partial charge in [-0.3, -0.25) is 9.59 Å². The van der Waals surface area contributed by atoms with E-state index in [1.54, 1.807) is 14.0 Å². The topological polar surface area (TPSA) is 94.1 Å². The van der Waals surface area contributed by atoms with Crippen molar-refractivity contribution in [1.29, 1.82) is 0 Å². The molecule has 2 N–H and O–H groups in total. The Morgan fingerprint density at radius 2 is 2.08 bits per heavy atom. The zero-order valence-electron chi connectivity index (χ0n) is 14.6. The van der Waals surface area contributed by atoms with Crippen molar-refractivity contribution in [3.05, 3.63) is 29.8 Å². The molecule has 0 bridgehead atoms. The minimum Gasteiger partial charge on any atom is -0.497 e. The molecule has 0 aliphatic carbocycles. The molecule has 7 nitrogen and oxygen atoms in total. The van der Waals surface area contributed by atoms with E-state index >= 15 is 0 Å². The molecule has 1 aromatic rings. The molecule has 1 aliphatic heterocycles. The molecule has 1 amide bonds. The molecule has 1 fully saturated rings. The van der Waals surface area contributed by atoms with Crippen LogP contribution in [0.25, 0.3) is 0 Å². The minimum atomic E-state index is -0.958. The SMILES string of the molecule is COc1cccc(COC(C)C(=O)NCC2(C(=O)O)CCOCC2)c1. The summed E-state index contributed by atoms with van der Waals surface area (Å²) in [5, 5.41) is 12.2. The van der Waals surface area contributed by atoms with E-state index in [1.165, 1.54) is 0 Å². The average Bonchev–Trinajstić information content (AvgIpc) is 2.64. The highest BCUT2D eigenvalue weighted by molar-refractivity contribution is 5.82. The molecule has 2 rings (SSSR count). The molecular weight excluding hydrogens is 326 g/mol. The van der Waals surface area contributed by atoms with Crippen LogP contribution in [0.1, 0.15) is 25.3 Å². The van der Waals surface area contributed by atoms with Crippen LogP contribution < -0.4 is 10.1 Å². The van der Waals surface area contributed by atoms with E-state index in [9.17, 15) is 14.7 Å². The molecule has 0 aromatic heterocycles. The van der Waals surface area contributed by atoms with Crippen LogP contribution in [-0.2, 0) is 25.7 Å². The molecule has 25 heavy (non-hydrogen) atoms. The number of carboxylic acids is 1. The van der Waals surface area contributed by atoms with Gasteiger partial charge in [0.2, 0.25) is 5.91 Å². The number of rotatable bonds is 8. The summed E-state index contributed by atoms with van der Waals surface area (Å²) in [6.07, 6.45) is 0.0976. The lowest BCUT2D eigenvalue weighted by atomic mass is 9.80. The van der Waals surface area contributed by atoms with Crippen LogP contribution in [0.5, 0.6) is 5.75 Å². The van der Waals surface area contributed by atoms with Crippen molar-refractivity contribution >= 4 is 11.9 Å². The van der Waals surface area contributed by atoms with Crippen LogP contribution in [0.15, 0.2) is 24.3 Å². The summed E-state index contributed by atoms with van der Waals surface area (Å²) in [5.41, 5.74) is -0.0640. The Hall–Kier alpha value is -2.12. The summed E-state index contributed by atoms with van der Waals surface area (Å²) in [5.74, 6) is -0.503. The van der Waals surface area contributed by atoms with Crippen molar-refractivity contribution in [2.75, 3.05) is 26.9 Å². The lowest BCUT2D eigenvalue weighted by Crippen LogP contribution is -2.48. The average molecular weight is 351 g/mol. The highest BCUT2D eigenvalue weighted by Gasteiger charge is 2.40. The molecule has 1 aromatic carbocycles. The number of nitrogens with one attached hydrogen (secondary N) is 1. The first-order chi connectivity index (χ1) is 12.0. The first-order valence-electron chi connectivity index (χ1n) is 8.30. The largest absolute Gasteiger partial charge is 0.497 e. The number of carbonyl (C=O) groups excluding carboxylic acids is 1. The number of carbonyl (C=O) groups is 2. The first kappa shape index (κ1) is 19.2. The number of ether oxygens (including phenoxy) is 3. The quantitative estimate of drug-likeness (QED) is 0.739. The number of carboxylic acid groups (broad SMARTS) is 1. The summed E-state index contributed by atoms with van der Waals surface area (Å²) < 4.78 is 16.0. The van der Waals surface area contributed by atoms with Crippen molar-refractivity contribution in [1.82, 2.24) is 5.32 Å². The summed E-state index contributed by atoms with van der Waals surface area (Å²) >= 11 is 0. The van der Waals surface area contributed by atoms with Crippen LogP contribution in [0.3, 0.4) is 0 Å². The van der Waals surface area contributed by atoms with E-state index in [1.807, 2.05) is 24.3 Å². The van der Waals surface area contributed by atoms with Gasteiger partial charge < -0.3 is 24.6 Å². The van der Waals surface area contributed by atoms with E-state index in [0.29, 0.717) is 26.1 Å². The third-order valence-electron chi connectivity index (χ3n) is 4.51. The Balaban J connectivity index is 1.84. The fourth-order valence-corrected chi connectivity index (χ4v) is 2.69. The van der Waals surface area contributed by atoms with Gasteiger partial charge in [-0.1, -0.05) is 12.1 Å². The Morgan fingerprint density at radius 3 is 2.72 bits per heavy atom. The fraction of sp³-hybridized carbons (Fsp3) is 0.556. The second-order valence-corrected chi connectivity index (χ2v) is 6.22. The predicted molar refractivity (Wildman–Crippen MR) is 90.4 cm³/mol. The normalized spacial score (nSPS) is 17.5. The molecule has 0 spiro atoms.